The number of aliphatic carboxylic acids is 1. The van der Waals surface area contributed by atoms with Crippen LogP contribution in [0.4, 0.5) is 0 Å². The van der Waals surface area contributed by atoms with Gasteiger partial charge in [0.2, 0.25) is 0 Å². The Balaban J connectivity index is 1.36. The molecule has 2 aromatic heterocycles. The van der Waals surface area contributed by atoms with Crippen molar-refractivity contribution >= 4 is 23.2 Å². The lowest BCUT2D eigenvalue weighted by atomic mass is 9.86. The quantitative estimate of drug-likeness (QED) is 0.186. The number of unbranched alkanes of at least 4 members (excludes halogenated alkanes) is 3. The largest absolute Gasteiger partial charge is 0.480 e. The Morgan fingerprint density at radius 3 is 2.20 bits per heavy atom. The van der Waals surface area contributed by atoms with Gasteiger partial charge in [-0.05, 0) is 35.1 Å². The number of carbonyl (C=O) groups excluding carboxylic acids is 1. The van der Waals surface area contributed by atoms with Gasteiger partial charge in [-0.2, -0.15) is 0 Å². The molecule has 9 heteroatoms. The number of carboxylic acid groups (broad SMARTS) is 1. The zero-order valence-corrected chi connectivity index (χ0v) is 24.9. The Labute approximate surface area is 245 Å². The number of aromatic nitrogens is 4. The number of carbonyl (C=O) groups is 2. The van der Waals surface area contributed by atoms with Crippen LogP contribution in [0.1, 0.15) is 79.9 Å². The molecule has 0 fully saturated rings. The van der Waals surface area contributed by atoms with E-state index in [0.717, 1.165) is 45.1 Å². The molecule has 0 aliphatic rings. The molecule has 1 amide bonds. The van der Waals surface area contributed by atoms with Gasteiger partial charge in [-0.3, -0.25) is 4.79 Å². The summed E-state index contributed by atoms with van der Waals surface area (Å²) in [6, 6.07) is 13.6. The van der Waals surface area contributed by atoms with Gasteiger partial charge in [0.1, 0.15) is 11.0 Å². The van der Waals surface area contributed by atoms with E-state index in [1.54, 1.807) is 35.9 Å². The summed E-state index contributed by atoms with van der Waals surface area (Å²) in [6.45, 7) is 8.49. The van der Waals surface area contributed by atoms with Crippen molar-refractivity contribution in [1.29, 1.82) is 0 Å². The second kappa shape index (κ2) is 13.6. The maximum atomic E-state index is 12.8. The first-order valence-corrected chi connectivity index (χ1v) is 14.8. The number of carboxylic acids is 1. The zero-order chi connectivity index (χ0) is 29.4. The highest BCUT2D eigenvalue weighted by atomic mass is 32.1. The van der Waals surface area contributed by atoms with Crippen LogP contribution in [0, 0.1) is 0 Å². The third kappa shape index (κ3) is 8.27. The number of nitrogens with zero attached hydrogens (tertiary/aromatic N) is 4. The summed E-state index contributed by atoms with van der Waals surface area (Å²) in [5, 5.41) is 22.9. The Morgan fingerprint density at radius 1 is 0.902 bits per heavy atom. The molecule has 0 saturated heterocycles. The fourth-order valence-electron chi connectivity index (χ4n) is 4.35. The molecule has 41 heavy (non-hydrogen) atoms. The topological polar surface area (TPSA) is 118 Å². The van der Waals surface area contributed by atoms with Crippen LogP contribution in [0.2, 0.25) is 0 Å². The second-order valence-electron chi connectivity index (χ2n) is 11.2. The Morgan fingerprint density at radius 2 is 1.59 bits per heavy atom. The predicted octanol–water partition coefficient (Wildman–Crippen LogP) is 6.51. The van der Waals surface area contributed by atoms with Crippen LogP contribution in [-0.4, -0.2) is 43.2 Å². The van der Waals surface area contributed by atoms with E-state index in [1.165, 1.54) is 19.3 Å². The van der Waals surface area contributed by atoms with Gasteiger partial charge in [0, 0.05) is 41.9 Å². The predicted molar refractivity (Wildman–Crippen MR) is 162 cm³/mol. The molecule has 4 aromatic rings. The Hall–Kier alpha value is -3.98. The lowest BCUT2D eigenvalue weighted by Gasteiger charge is -2.19. The van der Waals surface area contributed by atoms with Crippen molar-refractivity contribution in [3.63, 3.8) is 0 Å². The van der Waals surface area contributed by atoms with Gasteiger partial charge in [-0.25, -0.2) is 14.8 Å². The highest BCUT2D eigenvalue weighted by molar-refractivity contribution is 7.14. The van der Waals surface area contributed by atoms with Gasteiger partial charge < -0.3 is 10.4 Å². The van der Waals surface area contributed by atoms with E-state index in [1.807, 2.05) is 36.4 Å². The molecule has 2 N–H and O–H groups in total. The van der Waals surface area contributed by atoms with Gasteiger partial charge in [0.05, 0.1) is 0 Å². The van der Waals surface area contributed by atoms with Gasteiger partial charge in [0.25, 0.3) is 5.91 Å². The summed E-state index contributed by atoms with van der Waals surface area (Å²) in [7, 11) is 0. The Kier molecular flexibility index (Phi) is 9.94. The van der Waals surface area contributed by atoms with Crippen molar-refractivity contribution in [2.24, 2.45) is 0 Å². The van der Waals surface area contributed by atoms with E-state index >= 15 is 0 Å². The van der Waals surface area contributed by atoms with E-state index in [9.17, 15) is 14.7 Å². The van der Waals surface area contributed by atoms with Crippen molar-refractivity contribution in [2.75, 3.05) is 0 Å². The normalized spacial score (nSPS) is 12.2. The number of nitrogens with one attached hydrogen (secondary N) is 1. The number of aryl methyl sites for hydroxylation is 1. The van der Waals surface area contributed by atoms with Crippen molar-refractivity contribution in [3.8, 4) is 22.0 Å². The third-order valence-electron chi connectivity index (χ3n) is 6.88. The highest BCUT2D eigenvalue weighted by Crippen LogP contribution is 2.25. The van der Waals surface area contributed by atoms with E-state index in [-0.39, 0.29) is 11.8 Å². The molecular formula is C32H37N5O3S. The molecule has 214 valence electrons. The first-order chi connectivity index (χ1) is 19.6. The molecule has 8 nitrogen and oxygen atoms in total. The zero-order valence-electron chi connectivity index (χ0n) is 24.1. The molecule has 0 aliphatic heterocycles. The van der Waals surface area contributed by atoms with Crippen LogP contribution in [0.3, 0.4) is 0 Å². The molecule has 2 aromatic carbocycles. The summed E-state index contributed by atoms with van der Waals surface area (Å²) in [6.07, 6.45) is 9.38. The molecule has 0 saturated carbocycles. The summed E-state index contributed by atoms with van der Waals surface area (Å²) in [5.41, 5.74) is 3.91. The van der Waals surface area contributed by atoms with Gasteiger partial charge in [-0.1, -0.05) is 94.7 Å². The van der Waals surface area contributed by atoms with E-state index < -0.39 is 17.9 Å². The minimum atomic E-state index is -1.09. The second-order valence-corrected chi connectivity index (χ2v) is 12.3. The fraction of sp³-hybridized carbons (Fsp3) is 0.375. The first-order valence-electron chi connectivity index (χ1n) is 14.0. The lowest BCUT2D eigenvalue weighted by molar-refractivity contribution is -0.139. The maximum absolute atomic E-state index is 12.8. The van der Waals surface area contributed by atoms with Crippen molar-refractivity contribution in [1.82, 2.24) is 25.5 Å². The molecule has 1 unspecified atom stereocenters. The molecular weight excluding hydrogens is 534 g/mol. The van der Waals surface area contributed by atoms with Crippen molar-refractivity contribution in [2.45, 2.75) is 77.7 Å². The monoisotopic (exact) mass is 571 g/mol. The maximum Gasteiger partial charge on any atom is 0.326 e. The van der Waals surface area contributed by atoms with Crippen LogP contribution in [-0.2, 0) is 23.1 Å². The van der Waals surface area contributed by atoms with E-state index in [2.05, 4.69) is 53.2 Å². The standard InChI is InChI=1S/C32H37N5O3S/c1-5-6-7-8-9-27-36-37-30(41-27)24-19-33-28(34-20-24)22-12-10-21(11-13-22)18-26(31(39)40)35-29(38)23-14-16-25(17-15-23)32(2,3)4/h10-17,19-20,26H,5-9,18H2,1-4H3,(H,35,38)(H,39,40). The molecule has 0 aliphatic carbocycles. The SMILES string of the molecule is CCCCCCc1nnc(-c2cnc(-c3ccc(CC(NC(=O)c4ccc(C(C)(C)C)cc4)C(=O)O)cc3)nc2)s1. The minimum Gasteiger partial charge on any atom is -0.480 e. The average Bonchev–Trinajstić information content (AvgIpc) is 3.44. The van der Waals surface area contributed by atoms with Gasteiger partial charge in [0.15, 0.2) is 10.8 Å². The van der Waals surface area contributed by atoms with Crippen molar-refractivity contribution < 1.29 is 14.7 Å². The number of amides is 1. The van der Waals surface area contributed by atoms with E-state index in [0.29, 0.717) is 11.4 Å². The number of hydrogen-bond donors (Lipinski definition) is 2. The number of hydrogen-bond acceptors (Lipinski definition) is 7. The smallest absolute Gasteiger partial charge is 0.326 e. The van der Waals surface area contributed by atoms with Crippen LogP contribution in [0.5, 0.6) is 0 Å². The summed E-state index contributed by atoms with van der Waals surface area (Å²) < 4.78 is 0. The lowest BCUT2D eigenvalue weighted by Crippen LogP contribution is -2.42. The van der Waals surface area contributed by atoms with Crippen LogP contribution < -0.4 is 5.32 Å². The average molecular weight is 572 g/mol. The van der Waals surface area contributed by atoms with Crippen molar-refractivity contribution in [3.05, 3.63) is 82.6 Å². The summed E-state index contributed by atoms with van der Waals surface area (Å²) in [5.74, 6) is -0.943. The molecule has 0 radical (unpaired) electrons. The summed E-state index contributed by atoms with van der Waals surface area (Å²) in [4.78, 5) is 33.7. The Bertz CT molecular complexity index is 1440. The number of rotatable bonds is 12. The fourth-order valence-corrected chi connectivity index (χ4v) is 5.21. The molecule has 4 rings (SSSR count). The van der Waals surface area contributed by atoms with Crippen LogP contribution >= 0.6 is 11.3 Å². The molecule has 2 heterocycles. The van der Waals surface area contributed by atoms with Gasteiger partial charge >= 0.3 is 5.97 Å². The molecule has 0 bridgehead atoms. The third-order valence-corrected chi connectivity index (χ3v) is 7.91. The van der Waals surface area contributed by atoms with Gasteiger partial charge in [-0.15, -0.1) is 10.2 Å². The molecule has 0 spiro atoms. The first kappa shape index (κ1) is 30.0. The van der Waals surface area contributed by atoms with Crippen LogP contribution in [0.15, 0.2) is 60.9 Å². The van der Waals surface area contributed by atoms with Crippen LogP contribution in [0.25, 0.3) is 22.0 Å². The van der Waals surface area contributed by atoms with E-state index in [4.69, 9.17) is 0 Å². The molecule has 1 atom stereocenters. The highest BCUT2D eigenvalue weighted by Gasteiger charge is 2.22. The summed E-state index contributed by atoms with van der Waals surface area (Å²) >= 11 is 1.58. The number of benzene rings is 2. The minimum absolute atomic E-state index is 0.0338.